The van der Waals surface area contributed by atoms with Gasteiger partial charge in [-0.3, -0.25) is 4.79 Å². The number of ether oxygens (including phenoxy) is 2. The minimum Gasteiger partial charge on any atom is -0.497 e. The summed E-state index contributed by atoms with van der Waals surface area (Å²) in [6.07, 6.45) is 0.513. The Morgan fingerprint density at radius 1 is 0.906 bits per heavy atom. The summed E-state index contributed by atoms with van der Waals surface area (Å²) in [4.78, 5) is 25.2. The standard InChI is InChI=1S/C27H24O5/c1-17-22-13-14-25(31-16-24(28)20-9-11-21(30-3)12-10-20)18(2)26(22)32-27(29)23(17)15-19-7-5-4-6-8-19/h4-14H,15-16H2,1-3H3. The molecule has 5 heteroatoms. The lowest BCUT2D eigenvalue weighted by Gasteiger charge is -2.13. The number of fused-ring (bicyclic) bond motifs is 1. The molecule has 4 aromatic rings. The van der Waals surface area contributed by atoms with Crippen LogP contribution in [0.25, 0.3) is 11.0 Å². The molecule has 0 saturated heterocycles. The summed E-state index contributed by atoms with van der Waals surface area (Å²) in [5.41, 5.74) is 3.95. The zero-order valence-electron chi connectivity index (χ0n) is 18.3. The largest absolute Gasteiger partial charge is 0.497 e. The molecule has 1 aromatic heterocycles. The van der Waals surface area contributed by atoms with Crippen LogP contribution in [0.4, 0.5) is 0 Å². The second kappa shape index (κ2) is 9.10. The SMILES string of the molecule is COc1ccc(C(=O)COc2ccc3c(C)c(Cc4ccccc4)c(=O)oc3c2C)cc1. The van der Waals surface area contributed by atoms with Gasteiger partial charge < -0.3 is 13.9 Å². The number of aryl methyl sites for hydroxylation is 2. The van der Waals surface area contributed by atoms with Crippen molar-refractivity contribution in [1.82, 2.24) is 0 Å². The molecule has 0 aliphatic carbocycles. The van der Waals surface area contributed by atoms with Gasteiger partial charge in [-0.15, -0.1) is 0 Å². The number of benzene rings is 3. The molecule has 4 rings (SSSR count). The molecule has 0 aliphatic heterocycles. The third-order valence-corrected chi connectivity index (χ3v) is 5.65. The van der Waals surface area contributed by atoms with Gasteiger partial charge in [-0.25, -0.2) is 4.79 Å². The maximum absolute atomic E-state index is 12.8. The van der Waals surface area contributed by atoms with Crippen LogP contribution < -0.4 is 15.1 Å². The van der Waals surface area contributed by atoms with Gasteiger partial charge in [0.25, 0.3) is 0 Å². The average molecular weight is 428 g/mol. The van der Waals surface area contributed by atoms with Crippen molar-refractivity contribution in [1.29, 1.82) is 0 Å². The van der Waals surface area contributed by atoms with Crippen molar-refractivity contribution >= 4 is 16.8 Å². The summed E-state index contributed by atoms with van der Waals surface area (Å²) >= 11 is 0. The topological polar surface area (TPSA) is 65.7 Å². The Hall–Kier alpha value is -3.86. The van der Waals surface area contributed by atoms with Crippen LogP contribution in [0.2, 0.25) is 0 Å². The zero-order valence-corrected chi connectivity index (χ0v) is 18.3. The van der Waals surface area contributed by atoms with E-state index in [2.05, 4.69) is 0 Å². The van der Waals surface area contributed by atoms with E-state index in [1.165, 1.54) is 0 Å². The highest BCUT2D eigenvalue weighted by Gasteiger charge is 2.16. The highest BCUT2D eigenvalue weighted by molar-refractivity contribution is 5.97. The van der Waals surface area contributed by atoms with Crippen molar-refractivity contribution < 1.29 is 18.7 Å². The molecule has 1 heterocycles. The summed E-state index contributed by atoms with van der Waals surface area (Å²) in [5.74, 6) is 1.05. The molecule has 0 spiro atoms. The lowest BCUT2D eigenvalue weighted by atomic mass is 9.98. The van der Waals surface area contributed by atoms with E-state index in [0.29, 0.717) is 40.2 Å². The Balaban J connectivity index is 1.59. The number of carbonyl (C=O) groups excluding carboxylic acids is 1. The predicted octanol–water partition coefficient (Wildman–Crippen LogP) is 5.27. The Morgan fingerprint density at radius 3 is 2.31 bits per heavy atom. The first-order chi connectivity index (χ1) is 15.5. The maximum atomic E-state index is 12.8. The fourth-order valence-electron chi connectivity index (χ4n) is 3.74. The van der Waals surface area contributed by atoms with E-state index in [4.69, 9.17) is 13.9 Å². The summed E-state index contributed by atoms with van der Waals surface area (Å²) in [7, 11) is 1.58. The molecule has 0 amide bonds. The highest BCUT2D eigenvalue weighted by atomic mass is 16.5. The molecule has 5 nitrogen and oxygen atoms in total. The summed E-state index contributed by atoms with van der Waals surface area (Å²) in [6, 6.07) is 20.4. The van der Waals surface area contributed by atoms with Crippen molar-refractivity contribution in [3.63, 3.8) is 0 Å². The summed E-state index contributed by atoms with van der Waals surface area (Å²) in [5, 5.41) is 0.863. The van der Waals surface area contributed by atoms with Gasteiger partial charge in [0.05, 0.1) is 7.11 Å². The van der Waals surface area contributed by atoms with Crippen LogP contribution in [0.1, 0.15) is 32.6 Å². The Bertz CT molecular complexity index is 1320. The van der Waals surface area contributed by atoms with Gasteiger partial charge in [-0.05, 0) is 61.4 Å². The molecule has 0 N–H and O–H groups in total. The van der Waals surface area contributed by atoms with Gasteiger partial charge in [-0.2, -0.15) is 0 Å². The van der Waals surface area contributed by atoms with Crippen LogP contribution in [-0.2, 0) is 6.42 Å². The van der Waals surface area contributed by atoms with E-state index in [1.54, 1.807) is 31.4 Å². The molecule has 162 valence electrons. The minimum absolute atomic E-state index is 0.117. The van der Waals surface area contributed by atoms with Crippen LogP contribution in [0.5, 0.6) is 11.5 Å². The normalized spacial score (nSPS) is 10.8. The van der Waals surface area contributed by atoms with Crippen molar-refractivity contribution in [3.05, 3.63) is 105 Å². The van der Waals surface area contributed by atoms with Crippen molar-refractivity contribution in [2.24, 2.45) is 0 Å². The average Bonchev–Trinajstić information content (AvgIpc) is 2.82. The van der Waals surface area contributed by atoms with Gasteiger partial charge in [0.2, 0.25) is 0 Å². The number of ketones is 1. The van der Waals surface area contributed by atoms with Gasteiger partial charge in [0, 0.05) is 28.5 Å². The number of hydrogen-bond acceptors (Lipinski definition) is 5. The van der Waals surface area contributed by atoms with E-state index in [0.717, 1.165) is 16.5 Å². The quantitative estimate of drug-likeness (QED) is 0.296. The van der Waals surface area contributed by atoms with Crippen LogP contribution in [0.3, 0.4) is 0 Å². The van der Waals surface area contributed by atoms with Crippen LogP contribution in [0.15, 0.2) is 75.9 Å². The lowest BCUT2D eigenvalue weighted by molar-refractivity contribution is 0.0921. The fraction of sp³-hybridized carbons (Fsp3) is 0.185. The van der Waals surface area contributed by atoms with Gasteiger partial charge in [-0.1, -0.05) is 30.3 Å². The van der Waals surface area contributed by atoms with Crippen molar-refractivity contribution in [3.8, 4) is 11.5 Å². The van der Waals surface area contributed by atoms with E-state index in [1.807, 2.05) is 56.3 Å². The predicted molar refractivity (Wildman–Crippen MR) is 124 cm³/mol. The molecule has 0 fully saturated rings. The second-order valence-electron chi connectivity index (χ2n) is 7.66. The second-order valence-corrected chi connectivity index (χ2v) is 7.66. The first kappa shape index (κ1) is 21.4. The monoisotopic (exact) mass is 428 g/mol. The minimum atomic E-state index is -0.353. The molecule has 0 aliphatic rings. The van der Waals surface area contributed by atoms with Crippen LogP contribution in [-0.4, -0.2) is 19.5 Å². The molecule has 0 unspecified atom stereocenters. The first-order valence-electron chi connectivity index (χ1n) is 10.4. The Kier molecular flexibility index (Phi) is 6.08. The van der Waals surface area contributed by atoms with E-state index in [-0.39, 0.29) is 18.0 Å². The fourth-order valence-corrected chi connectivity index (χ4v) is 3.74. The number of methoxy groups -OCH3 is 1. The molecular weight excluding hydrogens is 404 g/mol. The number of hydrogen-bond donors (Lipinski definition) is 0. The Morgan fingerprint density at radius 2 is 1.62 bits per heavy atom. The molecule has 0 bridgehead atoms. The van der Waals surface area contributed by atoms with E-state index >= 15 is 0 Å². The van der Waals surface area contributed by atoms with Crippen molar-refractivity contribution in [2.75, 3.05) is 13.7 Å². The third-order valence-electron chi connectivity index (χ3n) is 5.65. The van der Waals surface area contributed by atoms with Crippen molar-refractivity contribution in [2.45, 2.75) is 20.3 Å². The molecule has 0 atom stereocenters. The van der Waals surface area contributed by atoms with Gasteiger partial charge in [0.1, 0.15) is 17.1 Å². The summed E-state index contributed by atoms with van der Waals surface area (Å²) < 4.78 is 16.6. The summed E-state index contributed by atoms with van der Waals surface area (Å²) in [6.45, 7) is 3.65. The first-order valence-corrected chi connectivity index (χ1v) is 10.4. The molecule has 32 heavy (non-hydrogen) atoms. The van der Waals surface area contributed by atoms with E-state index in [9.17, 15) is 9.59 Å². The number of rotatable bonds is 7. The highest BCUT2D eigenvalue weighted by Crippen LogP contribution is 2.30. The van der Waals surface area contributed by atoms with Gasteiger partial charge >= 0.3 is 5.63 Å². The molecular formula is C27H24O5. The lowest BCUT2D eigenvalue weighted by Crippen LogP contribution is -2.13. The smallest absolute Gasteiger partial charge is 0.340 e. The maximum Gasteiger partial charge on any atom is 0.340 e. The Labute approximate surface area is 186 Å². The number of Topliss-reactive ketones (excluding diaryl/α,β-unsaturated/α-hetero) is 1. The van der Waals surface area contributed by atoms with Gasteiger partial charge in [0.15, 0.2) is 12.4 Å². The number of carbonyl (C=O) groups is 1. The van der Waals surface area contributed by atoms with Crippen LogP contribution in [0, 0.1) is 13.8 Å². The zero-order chi connectivity index (χ0) is 22.7. The third kappa shape index (κ3) is 4.28. The van der Waals surface area contributed by atoms with Crippen LogP contribution >= 0.6 is 0 Å². The molecule has 0 radical (unpaired) electrons. The molecule has 0 saturated carbocycles. The molecule has 3 aromatic carbocycles. The van der Waals surface area contributed by atoms with E-state index < -0.39 is 0 Å².